The summed E-state index contributed by atoms with van der Waals surface area (Å²) in [7, 11) is -3.51. The molecule has 24 heavy (non-hydrogen) atoms. The molecule has 0 radical (unpaired) electrons. The second kappa shape index (κ2) is 6.92. The van der Waals surface area contributed by atoms with Crippen molar-refractivity contribution in [2.75, 3.05) is 22.4 Å². The summed E-state index contributed by atoms with van der Waals surface area (Å²) in [5.41, 5.74) is 1.78. The number of aryl methyl sites for hydroxylation is 1. The van der Waals surface area contributed by atoms with Crippen LogP contribution >= 0.6 is 0 Å². The predicted octanol–water partition coefficient (Wildman–Crippen LogP) is 2.39. The van der Waals surface area contributed by atoms with Crippen LogP contribution in [0.5, 0.6) is 5.75 Å². The largest absolute Gasteiger partial charge is 0.481 e. The lowest BCUT2D eigenvalue weighted by molar-refractivity contribution is -0.118. The number of anilines is 2. The summed E-state index contributed by atoms with van der Waals surface area (Å²) >= 11 is 0. The maximum Gasteiger partial charge on any atom is 0.262 e. The molecule has 1 heterocycles. The Hall–Kier alpha value is -2.54. The number of fused-ring (bicyclic) bond motifs is 1. The number of carbonyl (C=O) groups excluding carboxylic acids is 1. The number of benzene rings is 2. The minimum Gasteiger partial charge on any atom is -0.481 e. The van der Waals surface area contributed by atoms with Crippen LogP contribution in [0, 0.1) is 0 Å². The zero-order chi connectivity index (χ0) is 17.0. The van der Waals surface area contributed by atoms with Crippen LogP contribution in [0.25, 0.3) is 0 Å². The van der Waals surface area contributed by atoms with E-state index in [-0.39, 0.29) is 18.3 Å². The Morgan fingerprint density at radius 2 is 1.88 bits per heavy atom. The van der Waals surface area contributed by atoms with Gasteiger partial charge in [-0.05, 0) is 30.5 Å². The van der Waals surface area contributed by atoms with Crippen molar-refractivity contribution in [2.45, 2.75) is 12.8 Å². The zero-order valence-corrected chi connectivity index (χ0v) is 13.8. The minimum absolute atomic E-state index is 0.000363. The van der Waals surface area contributed by atoms with Gasteiger partial charge in [-0.1, -0.05) is 36.4 Å². The highest BCUT2D eigenvalue weighted by Gasteiger charge is 2.21. The molecule has 0 bridgehead atoms. The molecule has 0 aromatic heterocycles. The lowest BCUT2D eigenvalue weighted by Gasteiger charge is -2.21. The average molecular weight is 346 g/mol. The standard InChI is InChI=1S/C17H18N2O4S/c20-16-12-23-15-10-4-9-14(17(15)18-16)19-24(21,22)11-5-8-13-6-2-1-3-7-13/h1-4,6-7,9-10,19H,5,8,11-12H2,(H,18,20). The molecule has 2 N–H and O–H groups in total. The van der Waals surface area contributed by atoms with E-state index in [0.717, 1.165) is 5.56 Å². The Morgan fingerprint density at radius 1 is 1.08 bits per heavy atom. The first-order valence-corrected chi connectivity index (χ1v) is 9.29. The van der Waals surface area contributed by atoms with Crippen LogP contribution in [-0.2, 0) is 21.2 Å². The second-order valence-electron chi connectivity index (χ2n) is 5.53. The number of hydrogen-bond donors (Lipinski definition) is 2. The van der Waals surface area contributed by atoms with Crippen molar-refractivity contribution < 1.29 is 17.9 Å². The van der Waals surface area contributed by atoms with Crippen LogP contribution < -0.4 is 14.8 Å². The summed E-state index contributed by atoms with van der Waals surface area (Å²) < 4.78 is 32.4. The van der Waals surface area contributed by atoms with E-state index in [2.05, 4.69) is 10.0 Å². The van der Waals surface area contributed by atoms with E-state index < -0.39 is 10.0 Å². The molecule has 6 nitrogen and oxygen atoms in total. The number of nitrogens with one attached hydrogen (secondary N) is 2. The maximum absolute atomic E-state index is 12.3. The first-order valence-electron chi connectivity index (χ1n) is 7.63. The summed E-state index contributed by atoms with van der Waals surface area (Å²) in [4.78, 5) is 11.5. The molecule has 1 aliphatic heterocycles. The van der Waals surface area contributed by atoms with Crippen molar-refractivity contribution in [1.82, 2.24) is 0 Å². The molecular formula is C17H18N2O4S. The first kappa shape index (κ1) is 16.3. The minimum atomic E-state index is -3.51. The van der Waals surface area contributed by atoms with Gasteiger partial charge in [0.2, 0.25) is 10.0 Å². The summed E-state index contributed by atoms with van der Waals surface area (Å²) in [6.07, 6.45) is 1.20. The molecule has 1 amide bonds. The smallest absolute Gasteiger partial charge is 0.262 e. The number of ether oxygens (including phenoxy) is 1. The highest BCUT2D eigenvalue weighted by Crippen LogP contribution is 2.35. The fraction of sp³-hybridized carbons (Fsp3) is 0.235. The summed E-state index contributed by atoms with van der Waals surface area (Å²) in [6, 6.07) is 14.7. The zero-order valence-electron chi connectivity index (χ0n) is 13.0. The van der Waals surface area contributed by atoms with Gasteiger partial charge in [-0.2, -0.15) is 0 Å². The van der Waals surface area contributed by atoms with Crippen LogP contribution in [0.2, 0.25) is 0 Å². The van der Waals surface area contributed by atoms with Crippen molar-refractivity contribution in [3.63, 3.8) is 0 Å². The van der Waals surface area contributed by atoms with Crippen molar-refractivity contribution in [2.24, 2.45) is 0 Å². The normalized spacial score (nSPS) is 13.6. The van der Waals surface area contributed by atoms with Gasteiger partial charge < -0.3 is 10.1 Å². The van der Waals surface area contributed by atoms with Gasteiger partial charge in [0, 0.05) is 0 Å². The first-order chi connectivity index (χ1) is 11.5. The van der Waals surface area contributed by atoms with E-state index >= 15 is 0 Å². The second-order valence-corrected chi connectivity index (χ2v) is 7.37. The predicted molar refractivity (Wildman–Crippen MR) is 92.7 cm³/mol. The molecule has 2 aromatic carbocycles. The van der Waals surface area contributed by atoms with Gasteiger partial charge in [0.05, 0.1) is 11.4 Å². The fourth-order valence-electron chi connectivity index (χ4n) is 2.51. The van der Waals surface area contributed by atoms with Gasteiger partial charge in [-0.25, -0.2) is 8.42 Å². The van der Waals surface area contributed by atoms with Gasteiger partial charge in [-0.3, -0.25) is 9.52 Å². The molecule has 1 aliphatic rings. The van der Waals surface area contributed by atoms with E-state index in [4.69, 9.17) is 4.74 Å². The molecule has 0 atom stereocenters. The Morgan fingerprint density at radius 3 is 2.67 bits per heavy atom. The molecule has 2 aromatic rings. The molecule has 126 valence electrons. The lowest BCUT2D eigenvalue weighted by atomic mass is 10.1. The average Bonchev–Trinajstić information content (AvgIpc) is 2.56. The topological polar surface area (TPSA) is 84.5 Å². The Kier molecular flexibility index (Phi) is 4.71. The van der Waals surface area contributed by atoms with Gasteiger partial charge in [0.25, 0.3) is 5.91 Å². The third-order valence-electron chi connectivity index (χ3n) is 3.64. The molecule has 0 saturated carbocycles. The molecule has 3 rings (SSSR count). The number of sulfonamides is 1. The van der Waals surface area contributed by atoms with Crippen LogP contribution in [0.3, 0.4) is 0 Å². The quantitative estimate of drug-likeness (QED) is 0.841. The summed E-state index contributed by atoms with van der Waals surface area (Å²) in [6.45, 7) is -0.0692. The molecule has 0 saturated heterocycles. The molecule has 0 unspecified atom stereocenters. The van der Waals surface area contributed by atoms with E-state index in [1.54, 1.807) is 18.2 Å². The lowest BCUT2D eigenvalue weighted by Crippen LogP contribution is -2.27. The Balaban J connectivity index is 1.65. The SMILES string of the molecule is O=C1COc2cccc(NS(=O)(=O)CCCc3ccccc3)c2N1. The van der Waals surface area contributed by atoms with Crippen LogP contribution in [0.15, 0.2) is 48.5 Å². The highest BCUT2D eigenvalue weighted by atomic mass is 32.2. The highest BCUT2D eigenvalue weighted by molar-refractivity contribution is 7.92. The third-order valence-corrected chi connectivity index (χ3v) is 4.99. The van der Waals surface area contributed by atoms with Crippen molar-refractivity contribution >= 4 is 27.3 Å². The van der Waals surface area contributed by atoms with Crippen molar-refractivity contribution in [1.29, 1.82) is 0 Å². The third kappa shape index (κ3) is 4.05. The maximum atomic E-state index is 12.3. The number of amides is 1. The van der Waals surface area contributed by atoms with Gasteiger partial charge in [0.15, 0.2) is 6.61 Å². The van der Waals surface area contributed by atoms with Crippen molar-refractivity contribution in [3.8, 4) is 5.75 Å². The fourth-order valence-corrected chi connectivity index (χ4v) is 3.65. The summed E-state index contributed by atoms with van der Waals surface area (Å²) in [5, 5.41) is 2.64. The van der Waals surface area contributed by atoms with Crippen LogP contribution in [0.1, 0.15) is 12.0 Å². The van der Waals surface area contributed by atoms with E-state index in [1.165, 1.54) is 0 Å². The Labute approximate surface area is 140 Å². The van der Waals surface area contributed by atoms with Gasteiger partial charge in [-0.15, -0.1) is 0 Å². The number of carbonyl (C=O) groups is 1. The van der Waals surface area contributed by atoms with Gasteiger partial charge in [0.1, 0.15) is 11.4 Å². The van der Waals surface area contributed by atoms with Crippen molar-refractivity contribution in [3.05, 3.63) is 54.1 Å². The molecular weight excluding hydrogens is 328 g/mol. The van der Waals surface area contributed by atoms with E-state index in [0.29, 0.717) is 30.0 Å². The molecule has 0 fully saturated rings. The monoisotopic (exact) mass is 346 g/mol. The van der Waals surface area contributed by atoms with E-state index in [9.17, 15) is 13.2 Å². The molecule has 0 aliphatic carbocycles. The number of para-hydroxylation sites is 1. The molecule has 0 spiro atoms. The van der Waals surface area contributed by atoms with Crippen LogP contribution in [-0.4, -0.2) is 26.7 Å². The number of hydrogen-bond acceptors (Lipinski definition) is 4. The van der Waals surface area contributed by atoms with E-state index in [1.807, 2.05) is 30.3 Å². The summed E-state index contributed by atoms with van der Waals surface area (Å²) in [5.74, 6) is 0.151. The number of rotatable bonds is 6. The van der Waals surface area contributed by atoms with Crippen LogP contribution in [0.4, 0.5) is 11.4 Å². The Bertz CT molecular complexity index is 835. The molecule has 7 heteroatoms. The van der Waals surface area contributed by atoms with Gasteiger partial charge >= 0.3 is 0 Å².